The van der Waals surface area contributed by atoms with E-state index in [9.17, 15) is 9.90 Å². The molecule has 1 amide bonds. The fraction of sp³-hybridized carbons (Fsp3) is 0.211. The topological polar surface area (TPSA) is 89.3 Å². The van der Waals surface area contributed by atoms with Crippen LogP contribution in [0.5, 0.6) is 11.5 Å². The first-order chi connectivity index (χ1) is 13.1. The zero-order valence-electron chi connectivity index (χ0n) is 14.8. The Morgan fingerprint density at radius 2 is 2.19 bits per heavy atom. The molecule has 1 aliphatic heterocycles. The number of aryl methyl sites for hydroxylation is 1. The van der Waals surface area contributed by atoms with Gasteiger partial charge in [-0.25, -0.2) is 4.98 Å². The first kappa shape index (κ1) is 17.4. The van der Waals surface area contributed by atoms with Gasteiger partial charge in [0.25, 0.3) is 0 Å². The van der Waals surface area contributed by atoms with Crippen molar-refractivity contribution in [2.24, 2.45) is 0 Å². The van der Waals surface area contributed by atoms with Crippen LogP contribution < -0.4 is 10.1 Å². The van der Waals surface area contributed by atoms with Crippen LogP contribution in [0.2, 0.25) is 0 Å². The monoisotopic (exact) mass is 382 g/mol. The molecule has 1 atom stereocenters. The van der Waals surface area contributed by atoms with Gasteiger partial charge < -0.3 is 15.2 Å². The van der Waals surface area contributed by atoms with Crippen molar-refractivity contribution in [3.63, 3.8) is 0 Å². The molecule has 138 valence electrons. The number of nitrogens with zero attached hydrogens (tertiary/aromatic N) is 3. The number of hydrogen-bond donors (Lipinski definition) is 2. The maximum atomic E-state index is 12.3. The van der Waals surface area contributed by atoms with E-state index in [4.69, 9.17) is 4.74 Å². The molecule has 4 rings (SSSR count). The first-order valence-electron chi connectivity index (χ1n) is 8.37. The number of phenols is 1. The fourth-order valence-corrected chi connectivity index (χ4v) is 4.33. The molecule has 1 aliphatic rings. The van der Waals surface area contributed by atoms with E-state index in [1.165, 1.54) is 18.9 Å². The summed E-state index contributed by atoms with van der Waals surface area (Å²) in [5.41, 5.74) is 2.66. The van der Waals surface area contributed by atoms with Crippen LogP contribution in [-0.2, 0) is 4.79 Å². The molecule has 7 nitrogen and oxygen atoms in total. The summed E-state index contributed by atoms with van der Waals surface area (Å²) >= 11 is 1.51. The lowest BCUT2D eigenvalue weighted by molar-refractivity contribution is -0.113. The van der Waals surface area contributed by atoms with Gasteiger partial charge in [0.2, 0.25) is 5.91 Å². The summed E-state index contributed by atoms with van der Waals surface area (Å²) in [4.78, 5) is 16.7. The molecule has 0 spiro atoms. The van der Waals surface area contributed by atoms with Crippen molar-refractivity contribution in [2.45, 2.75) is 12.2 Å². The lowest BCUT2D eigenvalue weighted by Crippen LogP contribution is -2.16. The van der Waals surface area contributed by atoms with Crippen LogP contribution in [0.1, 0.15) is 22.1 Å². The maximum Gasteiger partial charge on any atom is 0.235 e. The molecule has 0 radical (unpaired) electrons. The molecule has 2 aromatic heterocycles. The van der Waals surface area contributed by atoms with Crippen LogP contribution in [0.25, 0.3) is 5.82 Å². The van der Waals surface area contributed by atoms with E-state index < -0.39 is 0 Å². The zero-order valence-corrected chi connectivity index (χ0v) is 15.7. The van der Waals surface area contributed by atoms with Gasteiger partial charge in [-0.3, -0.25) is 4.79 Å². The maximum absolute atomic E-state index is 12.3. The average molecular weight is 382 g/mol. The Morgan fingerprint density at radius 3 is 2.93 bits per heavy atom. The smallest absolute Gasteiger partial charge is 0.235 e. The number of anilines is 1. The summed E-state index contributed by atoms with van der Waals surface area (Å²) in [5, 5.41) is 17.4. The van der Waals surface area contributed by atoms with Gasteiger partial charge in [0, 0.05) is 11.8 Å². The largest absolute Gasteiger partial charge is 0.504 e. The molecule has 2 N–H and O–H groups in total. The van der Waals surface area contributed by atoms with Crippen molar-refractivity contribution in [1.82, 2.24) is 14.8 Å². The van der Waals surface area contributed by atoms with Gasteiger partial charge in [-0.1, -0.05) is 12.1 Å². The van der Waals surface area contributed by atoms with E-state index in [1.54, 1.807) is 23.0 Å². The Labute approximate surface area is 160 Å². The number of methoxy groups -OCH3 is 1. The number of ether oxygens (including phenoxy) is 1. The van der Waals surface area contributed by atoms with E-state index in [1.807, 2.05) is 31.2 Å². The van der Waals surface area contributed by atoms with Crippen LogP contribution in [0.15, 0.2) is 42.6 Å². The highest BCUT2D eigenvalue weighted by Crippen LogP contribution is 2.45. The summed E-state index contributed by atoms with van der Waals surface area (Å²) in [6.45, 7) is 1.92. The molecule has 0 bridgehead atoms. The number of carbonyl (C=O) groups is 1. The average Bonchev–Trinajstić information content (AvgIpc) is 2.89. The number of aromatic hydroxyl groups is 1. The highest BCUT2D eigenvalue weighted by atomic mass is 32.2. The minimum Gasteiger partial charge on any atom is -0.504 e. The SMILES string of the molecule is COc1cc([C@H]2SCC(=O)Nc3c2c(C)nn3-c2ccccn2)ccc1O. The summed E-state index contributed by atoms with van der Waals surface area (Å²) in [7, 11) is 1.51. The second-order valence-corrected chi connectivity index (χ2v) is 7.21. The van der Waals surface area contributed by atoms with Crippen LogP contribution in [-0.4, -0.2) is 38.6 Å². The number of fused-ring (bicyclic) bond motifs is 1. The molecule has 0 saturated heterocycles. The lowest BCUT2D eigenvalue weighted by atomic mass is 10.0. The van der Waals surface area contributed by atoms with Gasteiger partial charge in [0.15, 0.2) is 17.3 Å². The molecule has 0 aliphatic carbocycles. The molecular formula is C19H18N4O3S. The van der Waals surface area contributed by atoms with Crippen LogP contribution >= 0.6 is 11.8 Å². The molecule has 3 heterocycles. The van der Waals surface area contributed by atoms with Gasteiger partial charge in [0.1, 0.15) is 5.82 Å². The third-order valence-corrected chi connectivity index (χ3v) is 5.65. The molecular weight excluding hydrogens is 364 g/mol. The molecule has 8 heteroatoms. The molecule has 27 heavy (non-hydrogen) atoms. The van der Waals surface area contributed by atoms with Crippen molar-refractivity contribution < 1.29 is 14.6 Å². The third-order valence-electron chi connectivity index (χ3n) is 4.38. The van der Waals surface area contributed by atoms with Gasteiger partial charge in [-0.15, -0.1) is 11.8 Å². The van der Waals surface area contributed by atoms with Crippen molar-refractivity contribution in [2.75, 3.05) is 18.2 Å². The van der Waals surface area contributed by atoms with E-state index >= 15 is 0 Å². The second kappa shape index (κ2) is 6.96. The number of nitrogens with one attached hydrogen (secondary N) is 1. The van der Waals surface area contributed by atoms with Crippen molar-refractivity contribution in [1.29, 1.82) is 0 Å². The summed E-state index contributed by atoms with van der Waals surface area (Å²) in [5.74, 6) is 1.95. The standard InChI is InChI=1S/C19H18N4O3S/c1-11-17-18(12-6-7-13(24)14(9-12)26-2)27-10-16(25)21-19(17)23(22-11)15-5-3-4-8-20-15/h3-9,18,24H,10H2,1-2H3,(H,21,25)/t18-/m1/s1. The third kappa shape index (κ3) is 3.12. The first-order valence-corrected chi connectivity index (χ1v) is 9.42. The Hall–Kier alpha value is -3.00. The number of benzene rings is 1. The van der Waals surface area contributed by atoms with E-state index in [0.29, 0.717) is 23.1 Å². The number of thioether (sulfide) groups is 1. The van der Waals surface area contributed by atoms with Gasteiger partial charge in [-0.2, -0.15) is 9.78 Å². The predicted octanol–water partition coefficient (Wildman–Crippen LogP) is 3.06. The minimum absolute atomic E-state index is 0.0789. The Balaban J connectivity index is 1.88. The summed E-state index contributed by atoms with van der Waals surface area (Å²) in [6.07, 6.45) is 1.69. The zero-order chi connectivity index (χ0) is 19.0. The molecule has 1 aromatic carbocycles. The van der Waals surface area contributed by atoms with Crippen molar-refractivity contribution >= 4 is 23.5 Å². The number of rotatable bonds is 3. The fourth-order valence-electron chi connectivity index (χ4n) is 3.15. The molecule has 0 saturated carbocycles. The van der Waals surface area contributed by atoms with Crippen LogP contribution in [0, 0.1) is 6.92 Å². The van der Waals surface area contributed by atoms with E-state index in [2.05, 4.69) is 15.4 Å². The Morgan fingerprint density at radius 1 is 1.33 bits per heavy atom. The van der Waals surface area contributed by atoms with Crippen molar-refractivity contribution in [3.8, 4) is 17.3 Å². The molecule has 3 aromatic rings. The number of hydrogen-bond acceptors (Lipinski definition) is 6. The van der Waals surface area contributed by atoms with Gasteiger partial charge in [-0.05, 0) is 36.8 Å². The number of carbonyl (C=O) groups excluding carboxylic acids is 1. The second-order valence-electron chi connectivity index (χ2n) is 6.12. The van der Waals surface area contributed by atoms with Gasteiger partial charge >= 0.3 is 0 Å². The van der Waals surface area contributed by atoms with Crippen LogP contribution in [0.4, 0.5) is 5.82 Å². The lowest BCUT2D eigenvalue weighted by Gasteiger charge is -2.16. The van der Waals surface area contributed by atoms with Crippen molar-refractivity contribution in [3.05, 3.63) is 59.4 Å². The normalized spacial score (nSPS) is 16.4. The predicted molar refractivity (Wildman–Crippen MR) is 104 cm³/mol. The number of amides is 1. The Kier molecular flexibility index (Phi) is 4.49. The number of pyridine rings is 1. The van der Waals surface area contributed by atoms with E-state index in [-0.39, 0.29) is 16.9 Å². The quantitative estimate of drug-likeness (QED) is 0.724. The van der Waals surface area contributed by atoms with Gasteiger partial charge in [0.05, 0.1) is 23.8 Å². The van der Waals surface area contributed by atoms with E-state index in [0.717, 1.165) is 16.8 Å². The number of aromatic nitrogens is 3. The summed E-state index contributed by atoms with van der Waals surface area (Å²) < 4.78 is 6.91. The Bertz CT molecular complexity index is 1000. The summed E-state index contributed by atoms with van der Waals surface area (Å²) in [6, 6.07) is 10.8. The molecule has 0 unspecified atom stereocenters. The number of phenolic OH excluding ortho intramolecular Hbond substituents is 1. The highest BCUT2D eigenvalue weighted by molar-refractivity contribution is 8.00. The minimum atomic E-state index is -0.133. The molecule has 0 fully saturated rings. The van der Waals surface area contributed by atoms with Crippen LogP contribution in [0.3, 0.4) is 0 Å². The highest BCUT2D eigenvalue weighted by Gasteiger charge is 2.31.